The van der Waals surface area contributed by atoms with Gasteiger partial charge in [-0.2, -0.15) is 5.10 Å². The van der Waals surface area contributed by atoms with Gasteiger partial charge in [0.25, 0.3) is 0 Å². The van der Waals surface area contributed by atoms with Gasteiger partial charge in [-0.05, 0) is 24.3 Å². The van der Waals surface area contributed by atoms with Gasteiger partial charge in [0, 0.05) is 25.5 Å². The second kappa shape index (κ2) is 6.52. The van der Waals surface area contributed by atoms with Crippen molar-refractivity contribution in [2.75, 3.05) is 5.32 Å². The quantitative estimate of drug-likeness (QED) is 0.599. The Morgan fingerprint density at radius 1 is 1.00 bits per heavy atom. The van der Waals surface area contributed by atoms with Crippen LogP contribution >= 0.6 is 0 Å². The third kappa shape index (κ3) is 3.37. The minimum atomic E-state index is 0.525. The first-order valence-electron chi connectivity index (χ1n) is 7.71. The Morgan fingerprint density at radius 2 is 1.84 bits per heavy atom. The fourth-order valence-corrected chi connectivity index (χ4v) is 2.38. The van der Waals surface area contributed by atoms with Gasteiger partial charge in [-0.25, -0.2) is 15.0 Å². The van der Waals surface area contributed by atoms with E-state index in [0.717, 1.165) is 22.8 Å². The lowest BCUT2D eigenvalue weighted by molar-refractivity contribution is 0.422. The molecule has 25 heavy (non-hydrogen) atoms. The molecule has 4 heterocycles. The van der Waals surface area contributed by atoms with E-state index in [1.165, 1.54) is 6.26 Å². The number of anilines is 1. The van der Waals surface area contributed by atoms with Gasteiger partial charge in [-0.15, -0.1) is 0 Å². The molecule has 124 valence electrons. The number of aromatic nitrogens is 6. The lowest BCUT2D eigenvalue weighted by atomic mass is 10.2. The number of hydrogen-bond donors (Lipinski definition) is 1. The van der Waals surface area contributed by atoms with Crippen LogP contribution in [0.15, 0.2) is 59.6 Å². The van der Waals surface area contributed by atoms with Crippen molar-refractivity contribution in [3.63, 3.8) is 0 Å². The lowest BCUT2D eigenvalue weighted by Crippen LogP contribution is -2.05. The van der Waals surface area contributed by atoms with Gasteiger partial charge in [0.05, 0.1) is 29.3 Å². The Bertz CT molecular complexity index is 978. The molecule has 0 saturated carbocycles. The van der Waals surface area contributed by atoms with Crippen LogP contribution in [0, 0.1) is 0 Å². The van der Waals surface area contributed by atoms with Crippen LogP contribution in [0.5, 0.6) is 0 Å². The molecular weight excluding hydrogens is 318 g/mol. The molecule has 8 nitrogen and oxygen atoms in total. The van der Waals surface area contributed by atoms with Crippen molar-refractivity contribution in [2.45, 2.75) is 6.54 Å². The average molecular weight is 333 g/mol. The van der Waals surface area contributed by atoms with Gasteiger partial charge in [0.1, 0.15) is 12.0 Å². The Kier molecular flexibility index (Phi) is 3.91. The van der Waals surface area contributed by atoms with E-state index < -0.39 is 0 Å². The molecule has 0 atom stereocenters. The molecule has 0 amide bonds. The van der Waals surface area contributed by atoms with Crippen molar-refractivity contribution in [3.05, 3.63) is 60.7 Å². The van der Waals surface area contributed by atoms with Gasteiger partial charge >= 0.3 is 0 Å². The average Bonchev–Trinajstić information content (AvgIpc) is 3.32. The van der Waals surface area contributed by atoms with E-state index in [1.54, 1.807) is 16.9 Å². The van der Waals surface area contributed by atoms with Gasteiger partial charge in [0.15, 0.2) is 0 Å². The number of hydrogen-bond acceptors (Lipinski definition) is 7. The Labute approximate surface area is 143 Å². The number of aryl methyl sites for hydroxylation is 1. The largest absolute Gasteiger partial charge is 0.364 e. The first-order chi connectivity index (χ1) is 12.3. The smallest absolute Gasteiger partial charge is 0.223 e. The molecule has 0 aliphatic heterocycles. The van der Waals surface area contributed by atoms with Crippen LogP contribution in [0.3, 0.4) is 0 Å². The van der Waals surface area contributed by atoms with Crippen molar-refractivity contribution >= 4 is 5.95 Å². The molecule has 0 fully saturated rings. The van der Waals surface area contributed by atoms with Crippen LogP contribution in [0.1, 0.15) is 5.69 Å². The minimum Gasteiger partial charge on any atom is -0.364 e. The van der Waals surface area contributed by atoms with Crippen LogP contribution in [-0.4, -0.2) is 29.9 Å². The molecule has 0 radical (unpaired) electrons. The molecular formula is C17H15N7O. The van der Waals surface area contributed by atoms with Gasteiger partial charge in [-0.3, -0.25) is 4.68 Å². The van der Waals surface area contributed by atoms with Crippen LogP contribution in [0.4, 0.5) is 5.95 Å². The molecule has 4 rings (SSSR count). The molecule has 0 aliphatic rings. The monoisotopic (exact) mass is 333 g/mol. The van der Waals surface area contributed by atoms with Crippen molar-refractivity contribution < 1.29 is 4.52 Å². The van der Waals surface area contributed by atoms with Crippen molar-refractivity contribution in [1.29, 1.82) is 0 Å². The fraction of sp³-hybridized carbons (Fsp3) is 0.118. The summed E-state index contributed by atoms with van der Waals surface area (Å²) in [4.78, 5) is 13.4. The lowest BCUT2D eigenvalue weighted by Gasteiger charge is -2.06. The molecule has 0 unspecified atom stereocenters. The summed E-state index contributed by atoms with van der Waals surface area (Å²) in [6.07, 6.45) is 5.12. The van der Waals surface area contributed by atoms with Gasteiger partial charge in [-0.1, -0.05) is 11.2 Å². The zero-order valence-corrected chi connectivity index (χ0v) is 13.5. The first kappa shape index (κ1) is 15.0. The summed E-state index contributed by atoms with van der Waals surface area (Å²) in [6, 6.07) is 11.2. The van der Waals surface area contributed by atoms with Crippen LogP contribution < -0.4 is 5.32 Å². The van der Waals surface area contributed by atoms with E-state index in [2.05, 4.69) is 30.5 Å². The molecule has 0 aliphatic carbocycles. The standard InChI is InChI=1S/C17H15N7O/c1-24-9-6-12(22-24)11-19-17-18-8-5-15(21-17)13-3-2-4-14(20-13)16-7-10-25-23-16/h2-10H,11H2,1H3,(H,18,19,21). The molecule has 0 bridgehead atoms. The second-order valence-corrected chi connectivity index (χ2v) is 5.39. The van der Waals surface area contributed by atoms with Crippen molar-refractivity contribution in [3.8, 4) is 22.8 Å². The number of rotatable bonds is 5. The van der Waals surface area contributed by atoms with E-state index in [0.29, 0.717) is 18.2 Å². The maximum atomic E-state index is 4.88. The van der Waals surface area contributed by atoms with Crippen LogP contribution in [-0.2, 0) is 13.6 Å². The highest BCUT2D eigenvalue weighted by molar-refractivity contribution is 5.61. The van der Waals surface area contributed by atoms with E-state index in [1.807, 2.05) is 43.6 Å². The number of pyridine rings is 1. The highest BCUT2D eigenvalue weighted by Gasteiger charge is 2.08. The molecule has 1 N–H and O–H groups in total. The summed E-state index contributed by atoms with van der Waals surface area (Å²) >= 11 is 0. The maximum absolute atomic E-state index is 4.88. The van der Waals surface area contributed by atoms with E-state index in [9.17, 15) is 0 Å². The number of nitrogens with one attached hydrogen (secondary N) is 1. The summed E-state index contributed by atoms with van der Waals surface area (Å²) in [5, 5.41) is 11.4. The normalized spacial score (nSPS) is 10.8. The molecule has 8 heteroatoms. The van der Waals surface area contributed by atoms with Crippen molar-refractivity contribution in [2.24, 2.45) is 7.05 Å². The van der Waals surface area contributed by atoms with Crippen LogP contribution in [0.25, 0.3) is 22.8 Å². The predicted molar refractivity (Wildman–Crippen MR) is 91.3 cm³/mol. The topological polar surface area (TPSA) is 94.6 Å². The Balaban J connectivity index is 1.56. The van der Waals surface area contributed by atoms with Gasteiger partial charge < -0.3 is 9.84 Å². The van der Waals surface area contributed by atoms with Crippen LogP contribution in [0.2, 0.25) is 0 Å². The molecule has 4 aromatic rings. The highest BCUT2D eigenvalue weighted by Crippen LogP contribution is 2.20. The van der Waals surface area contributed by atoms with E-state index in [4.69, 9.17) is 4.52 Å². The predicted octanol–water partition coefficient (Wildman–Crippen LogP) is 2.54. The zero-order chi connectivity index (χ0) is 17.1. The zero-order valence-electron chi connectivity index (χ0n) is 13.5. The molecule has 0 aromatic carbocycles. The maximum Gasteiger partial charge on any atom is 0.223 e. The van der Waals surface area contributed by atoms with Gasteiger partial charge in [0.2, 0.25) is 5.95 Å². The Hall–Kier alpha value is -3.55. The second-order valence-electron chi connectivity index (χ2n) is 5.39. The molecule has 4 aromatic heterocycles. The first-order valence-corrected chi connectivity index (χ1v) is 7.71. The summed E-state index contributed by atoms with van der Waals surface area (Å²) < 4.78 is 6.63. The van der Waals surface area contributed by atoms with E-state index in [-0.39, 0.29) is 0 Å². The number of nitrogens with zero attached hydrogens (tertiary/aromatic N) is 6. The third-order valence-corrected chi connectivity index (χ3v) is 3.56. The van der Waals surface area contributed by atoms with E-state index >= 15 is 0 Å². The molecule has 0 spiro atoms. The fourth-order valence-electron chi connectivity index (χ4n) is 2.38. The van der Waals surface area contributed by atoms with Crippen molar-refractivity contribution in [1.82, 2.24) is 29.9 Å². The minimum absolute atomic E-state index is 0.525. The Morgan fingerprint density at radius 3 is 2.60 bits per heavy atom. The third-order valence-electron chi connectivity index (χ3n) is 3.56. The molecule has 0 saturated heterocycles. The highest BCUT2D eigenvalue weighted by atomic mass is 16.5. The summed E-state index contributed by atoms with van der Waals surface area (Å²) in [7, 11) is 1.88. The summed E-state index contributed by atoms with van der Waals surface area (Å²) in [5.41, 5.74) is 3.80. The summed E-state index contributed by atoms with van der Waals surface area (Å²) in [6.45, 7) is 0.552. The summed E-state index contributed by atoms with van der Waals surface area (Å²) in [5.74, 6) is 0.525. The SMILES string of the molecule is Cn1ccc(CNc2nccc(-c3cccc(-c4ccon4)n3)n2)n1.